The molecule has 5 heteroatoms. The highest BCUT2D eigenvalue weighted by atomic mass is 16.3. The van der Waals surface area contributed by atoms with Gasteiger partial charge in [0.15, 0.2) is 11.5 Å². The smallest absolute Gasteiger partial charge is 0.255 e. The Balaban J connectivity index is 1.74. The average molecular weight is 296 g/mol. The molecule has 22 heavy (non-hydrogen) atoms. The molecule has 3 rings (SSSR count). The summed E-state index contributed by atoms with van der Waals surface area (Å²) in [4.78, 5) is 16.5. The number of para-hydroxylation sites is 1. The van der Waals surface area contributed by atoms with Gasteiger partial charge >= 0.3 is 0 Å². The van der Waals surface area contributed by atoms with Gasteiger partial charge in [0.1, 0.15) is 5.52 Å². The van der Waals surface area contributed by atoms with Gasteiger partial charge in [0.25, 0.3) is 5.91 Å². The Morgan fingerprint density at radius 2 is 2.00 bits per heavy atom. The predicted molar refractivity (Wildman–Crippen MR) is 82.5 cm³/mol. The zero-order valence-electron chi connectivity index (χ0n) is 12.1. The lowest BCUT2D eigenvalue weighted by Crippen LogP contribution is -2.28. The number of hydrogen-bond acceptors (Lipinski definition) is 4. The third kappa shape index (κ3) is 2.84. The molecule has 0 radical (unpaired) electrons. The lowest BCUT2D eigenvalue weighted by atomic mass is 10.1. The number of nitrogens with one attached hydrogen (secondary N) is 1. The van der Waals surface area contributed by atoms with E-state index in [9.17, 15) is 9.90 Å². The predicted octanol–water partition coefficient (Wildman–Crippen LogP) is 2.60. The van der Waals surface area contributed by atoms with Crippen molar-refractivity contribution in [2.75, 3.05) is 6.54 Å². The molecule has 1 unspecified atom stereocenters. The first-order valence-electron chi connectivity index (χ1n) is 7.02. The fraction of sp³-hybridized carbons (Fsp3) is 0.176. The molecule has 0 bridgehead atoms. The van der Waals surface area contributed by atoms with Crippen LogP contribution in [0.1, 0.15) is 27.9 Å². The van der Waals surface area contributed by atoms with Crippen molar-refractivity contribution in [1.82, 2.24) is 10.3 Å². The number of aryl methyl sites for hydroxylation is 1. The van der Waals surface area contributed by atoms with Crippen LogP contribution in [0.25, 0.3) is 11.1 Å². The Morgan fingerprint density at radius 1 is 1.23 bits per heavy atom. The van der Waals surface area contributed by atoms with Gasteiger partial charge in [-0.3, -0.25) is 4.79 Å². The van der Waals surface area contributed by atoms with E-state index >= 15 is 0 Å². The van der Waals surface area contributed by atoms with Crippen LogP contribution >= 0.6 is 0 Å². The fourth-order valence-electron chi connectivity index (χ4n) is 2.32. The Kier molecular flexibility index (Phi) is 3.89. The van der Waals surface area contributed by atoms with Crippen molar-refractivity contribution in [3.8, 4) is 0 Å². The summed E-state index contributed by atoms with van der Waals surface area (Å²) in [7, 11) is 0. The van der Waals surface area contributed by atoms with Crippen LogP contribution in [-0.2, 0) is 0 Å². The van der Waals surface area contributed by atoms with Crippen LogP contribution in [0.4, 0.5) is 0 Å². The van der Waals surface area contributed by atoms with Crippen molar-refractivity contribution in [3.63, 3.8) is 0 Å². The molecule has 0 aliphatic carbocycles. The summed E-state index contributed by atoms with van der Waals surface area (Å²) < 4.78 is 5.48. The van der Waals surface area contributed by atoms with E-state index in [1.165, 1.54) is 0 Å². The number of nitrogens with zero attached hydrogens (tertiary/aromatic N) is 1. The maximum atomic E-state index is 12.3. The number of carbonyl (C=O) groups is 1. The first kappa shape index (κ1) is 14.3. The second-order valence-electron chi connectivity index (χ2n) is 5.02. The van der Waals surface area contributed by atoms with E-state index in [4.69, 9.17) is 4.42 Å². The van der Waals surface area contributed by atoms with E-state index < -0.39 is 6.10 Å². The van der Waals surface area contributed by atoms with E-state index in [0.29, 0.717) is 22.6 Å². The molecule has 1 heterocycles. The average Bonchev–Trinajstić information content (AvgIpc) is 2.93. The minimum atomic E-state index is -0.749. The summed E-state index contributed by atoms with van der Waals surface area (Å²) in [5.41, 5.74) is 2.29. The Morgan fingerprint density at radius 3 is 2.77 bits per heavy atom. The first-order chi connectivity index (χ1) is 10.6. The zero-order valence-corrected chi connectivity index (χ0v) is 12.1. The molecule has 1 amide bonds. The number of aromatic nitrogens is 1. The van der Waals surface area contributed by atoms with E-state index in [1.807, 2.05) is 30.3 Å². The molecule has 2 aromatic carbocycles. The van der Waals surface area contributed by atoms with E-state index in [0.717, 1.165) is 5.56 Å². The number of aliphatic hydroxyl groups excluding tert-OH is 1. The third-order valence-electron chi connectivity index (χ3n) is 3.41. The van der Waals surface area contributed by atoms with Crippen molar-refractivity contribution in [2.24, 2.45) is 0 Å². The number of aliphatic hydroxyl groups is 1. The summed E-state index contributed by atoms with van der Waals surface area (Å²) >= 11 is 0. The largest absolute Gasteiger partial charge is 0.440 e. The summed E-state index contributed by atoms with van der Waals surface area (Å²) in [5, 5.41) is 12.8. The van der Waals surface area contributed by atoms with Crippen molar-refractivity contribution < 1.29 is 14.3 Å². The van der Waals surface area contributed by atoms with Crippen molar-refractivity contribution in [3.05, 3.63) is 65.5 Å². The molecule has 112 valence electrons. The molecule has 0 fully saturated rings. The van der Waals surface area contributed by atoms with E-state index in [-0.39, 0.29) is 12.5 Å². The Hall–Kier alpha value is -2.66. The quantitative estimate of drug-likeness (QED) is 0.776. The first-order valence-corrected chi connectivity index (χ1v) is 7.02. The minimum Gasteiger partial charge on any atom is -0.440 e. The zero-order chi connectivity index (χ0) is 15.5. The van der Waals surface area contributed by atoms with Gasteiger partial charge in [0, 0.05) is 13.5 Å². The molecule has 0 spiro atoms. The van der Waals surface area contributed by atoms with Crippen LogP contribution < -0.4 is 5.32 Å². The molecule has 1 atom stereocenters. The van der Waals surface area contributed by atoms with Crippen LogP contribution in [0, 0.1) is 6.92 Å². The molecule has 2 N–H and O–H groups in total. The van der Waals surface area contributed by atoms with Gasteiger partial charge in [-0.1, -0.05) is 36.4 Å². The molecular weight excluding hydrogens is 280 g/mol. The molecule has 0 saturated heterocycles. The standard InChI is InChI=1S/C17H16N2O3/c1-11-19-14-9-5-8-13(16(14)22-11)17(21)18-10-15(20)12-6-3-2-4-7-12/h2-9,15,20H,10H2,1H3,(H,18,21). The van der Waals surface area contributed by atoms with Crippen molar-refractivity contribution >= 4 is 17.0 Å². The summed E-state index contributed by atoms with van der Waals surface area (Å²) in [6.07, 6.45) is -0.749. The monoisotopic (exact) mass is 296 g/mol. The van der Waals surface area contributed by atoms with Gasteiger partial charge in [0.2, 0.25) is 0 Å². The Labute approximate surface area is 127 Å². The van der Waals surface area contributed by atoms with Gasteiger partial charge < -0.3 is 14.8 Å². The molecule has 1 aromatic heterocycles. The third-order valence-corrected chi connectivity index (χ3v) is 3.41. The number of rotatable bonds is 4. The summed E-state index contributed by atoms with van der Waals surface area (Å²) in [6, 6.07) is 14.4. The maximum Gasteiger partial charge on any atom is 0.255 e. The lowest BCUT2D eigenvalue weighted by Gasteiger charge is -2.12. The van der Waals surface area contributed by atoms with Crippen LogP contribution in [0.3, 0.4) is 0 Å². The van der Waals surface area contributed by atoms with E-state index in [2.05, 4.69) is 10.3 Å². The van der Waals surface area contributed by atoms with Crippen LogP contribution in [-0.4, -0.2) is 22.5 Å². The van der Waals surface area contributed by atoms with Gasteiger partial charge in [-0.2, -0.15) is 0 Å². The minimum absolute atomic E-state index is 0.131. The van der Waals surface area contributed by atoms with Crippen LogP contribution in [0.2, 0.25) is 0 Å². The molecule has 0 aliphatic rings. The second-order valence-corrected chi connectivity index (χ2v) is 5.02. The van der Waals surface area contributed by atoms with Gasteiger partial charge in [-0.25, -0.2) is 4.98 Å². The van der Waals surface area contributed by atoms with Crippen molar-refractivity contribution in [1.29, 1.82) is 0 Å². The highest BCUT2D eigenvalue weighted by Gasteiger charge is 2.15. The SMILES string of the molecule is Cc1nc2cccc(C(=O)NCC(O)c3ccccc3)c2o1. The number of amides is 1. The van der Waals surface area contributed by atoms with Crippen LogP contribution in [0.5, 0.6) is 0 Å². The van der Waals surface area contributed by atoms with Gasteiger partial charge in [-0.15, -0.1) is 0 Å². The highest BCUT2D eigenvalue weighted by molar-refractivity contribution is 6.04. The molecule has 5 nitrogen and oxygen atoms in total. The summed E-state index contributed by atoms with van der Waals surface area (Å²) in [6.45, 7) is 1.87. The van der Waals surface area contributed by atoms with E-state index in [1.54, 1.807) is 25.1 Å². The number of oxazole rings is 1. The molecule has 0 aliphatic heterocycles. The molecule has 3 aromatic rings. The number of hydrogen-bond donors (Lipinski definition) is 2. The summed E-state index contributed by atoms with van der Waals surface area (Å²) in [5.74, 6) is 0.219. The fourth-order valence-corrected chi connectivity index (χ4v) is 2.32. The van der Waals surface area contributed by atoms with Crippen molar-refractivity contribution in [2.45, 2.75) is 13.0 Å². The number of carbonyl (C=O) groups excluding carboxylic acids is 1. The molecule has 0 saturated carbocycles. The number of benzene rings is 2. The highest BCUT2D eigenvalue weighted by Crippen LogP contribution is 2.20. The van der Waals surface area contributed by atoms with Gasteiger partial charge in [0.05, 0.1) is 11.7 Å². The lowest BCUT2D eigenvalue weighted by molar-refractivity contribution is 0.0917. The normalized spacial score (nSPS) is 12.3. The topological polar surface area (TPSA) is 75.4 Å². The maximum absolute atomic E-state index is 12.3. The second kappa shape index (κ2) is 5.99. The molecular formula is C17H16N2O3. The van der Waals surface area contributed by atoms with Gasteiger partial charge in [-0.05, 0) is 17.7 Å². The number of fused-ring (bicyclic) bond motifs is 1. The Bertz CT molecular complexity index is 796. The van der Waals surface area contributed by atoms with Crippen LogP contribution in [0.15, 0.2) is 52.9 Å².